The molecule has 1 aromatic carbocycles. The third kappa shape index (κ3) is 2.99. The van der Waals surface area contributed by atoms with Crippen LogP contribution in [0, 0.1) is 0 Å². The van der Waals surface area contributed by atoms with Crippen LogP contribution in [0.15, 0.2) is 46.7 Å². The average Bonchev–Trinajstić information content (AvgIpc) is 2.48. The van der Waals surface area contributed by atoms with Crippen LogP contribution >= 0.6 is 0 Å². The number of ether oxygens (including phenoxy) is 1. The number of carbonyl (C=O) groups excluding carboxylic acids is 1. The van der Waals surface area contributed by atoms with Crippen LogP contribution in [-0.4, -0.2) is 22.9 Å². The van der Waals surface area contributed by atoms with Crippen LogP contribution in [0.4, 0.5) is 5.69 Å². The van der Waals surface area contributed by atoms with Crippen molar-refractivity contribution in [3.63, 3.8) is 0 Å². The molecule has 1 aliphatic carbocycles. The van der Waals surface area contributed by atoms with Gasteiger partial charge < -0.3 is 9.84 Å². The van der Waals surface area contributed by atoms with Gasteiger partial charge in [0, 0.05) is 12.6 Å². The van der Waals surface area contributed by atoms with Crippen molar-refractivity contribution in [3.05, 3.63) is 41.7 Å². The molecule has 1 fully saturated rings. The van der Waals surface area contributed by atoms with Crippen molar-refractivity contribution in [2.45, 2.75) is 44.1 Å². The first-order chi connectivity index (χ1) is 10.2. The van der Waals surface area contributed by atoms with Gasteiger partial charge in [0.15, 0.2) is 0 Å². The molecule has 0 bridgehead atoms. The van der Waals surface area contributed by atoms with Crippen LogP contribution in [0.1, 0.15) is 38.5 Å². The predicted octanol–water partition coefficient (Wildman–Crippen LogP) is 3.85. The number of carbonyl (C=O) groups is 1. The molecule has 0 unspecified atom stereocenters. The lowest BCUT2D eigenvalue weighted by atomic mass is 9.80. The van der Waals surface area contributed by atoms with Crippen LogP contribution in [0.2, 0.25) is 0 Å². The highest BCUT2D eigenvalue weighted by Gasteiger charge is 2.42. The minimum atomic E-state index is -0.483. The lowest BCUT2D eigenvalue weighted by Gasteiger charge is -2.39. The van der Waals surface area contributed by atoms with Crippen LogP contribution in [0.5, 0.6) is 0 Å². The Bertz CT molecular complexity index is 583. The molecule has 0 aromatic heterocycles. The number of hydrogen-bond acceptors (Lipinski definition) is 4. The van der Waals surface area contributed by atoms with Gasteiger partial charge in [0.1, 0.15) is 16.9 Å². The van der Waals surface area contributed by atoms with E-state index in [0.717, 1.165) is 31.4 Å². The number of aliphatic hydroxyl groups is 1. The van der Waals surface area contributed by atoms with E-state index in [9.17, 15) is 9.90 Å². The Morgan fingerprint density at radius 1 is 1.14 bits per heavy atom. The van der Waals surface area contributed by atoms with Crippen molar-refractivity contribution in [1.29, 1.82) is 0 Å². The van der Waals surface area contributed by atoms with Gasteiger partial charge in [0.25, 0.3) is 0 Å². The van der Waals surface area contributed by atoms with E-state index in [2.05, 4.69) is 4.99 Å². The highest BCUT2D eigenvalue weighted by Crippen LogP contribution is 2.40. The van der Waals surface area contributed by atoms with E-state index in [-0.39, 0.29) is 11.3 Å². The molecule has 1 aliphatic heterocycles. The molecule has 0 radical (unpaired) electrons. The zero-order valence-electron chi connectivity index (χ0n) is 11.9. The van der Waals surface area contributed by atoms with E-state index >= 15 is 0 Å². The topological polar surface area (TPSA) is 58.9 Å². The number of aliphatic imine (C=N–C) groups is 1. The molecule has 21 heavy (non-hydrogen) atoms. The molecule has 3 rings (SSSR count). The van der Waals surface area contributed by atoms with Crippen LogP contribution < -0.4 is 0 Å². The second-order valence-corrected chi connectivity index (χ2v) is 5.76. The molecule has 0 saturated heterocycles. The molecular weight excluding hydrogens is 266 g/mol. The van der Waals surface area contributed by atoms with E-state index in [4.69, 9.17) is 4.74 Å². The fourth-order valence-corrected chi connectivity index (χ4v) is 3.06. The monoisotopic (exact) mass is 285 g/mol. The van der Waals surface area contributed by atoms with Crippen molar-refractivity contribution in [2.24, 2.45) is 4.99 Å². The number of nitrogens with zero attached hydrogens (tertiary/aromatic N) is 1. The summed E-state index contributed by atoms with van der Waals surface area (Å²) in [4.78, 5) is 16.4. The van der Waals surface area contributed by atoms with Gasteiger partial charge in [-0.3, -0.25) is 4.99 Å². The highest BCUT2D eigenvalue weighted by molar-refractivity contribution is 6.11. The Morgan fingerprint density at radius 3 is 2.52 bits per heavy atom. The Balaban J connectivity index is 1.80. The summed E-state index contributed by atoms with van der Waals surface area (Å²) in [6, 6.07) is 9.32. The summed E-state index contributed by atoms with van der Waals surface area (Å²) < 4.78 is 5.64. The smallest absolute Gasteiger partial charge is 0.343 e. The Labute approximate surface area is 124 Å². The van der Waals surface area contributed by atoms with Gasteiger partial charge in [-0.15, -0.1) is 0 Å². The Hall–Kier alpha value is -2.10. The van der Waals surface area contributed by atoms with E-state index in [1.54, 1.807) is 0 Å². The maximum absolute atomic E-state index is 12.2. The lowest BCUT2D eigenvalue weighted by molar-refractivity contribution is -0.161. The van der Waals surface area contributed by atoms with Gasteiger partial charge in [-0.05, 0) is 37.8 Å². The summed E-state index contributed by atoms with van der Waals surface area (Å²) in [7, 11) is 0. The molecular formula is C17H19NO3. The van der Waals surface area contributed by atoms with Crippen molar-refractivity contribution in [3.8, 4) is 0 Å². The second-order valence-electron chi connectivity index (χ2n) is 5.76. The van der Waals surface area contributed by atoms with Gasteiger partial charge >= 0.3 is 5.97 Å². The zero-order chi connectivity index (χ0) is 14.7. The normalized spacial score (nSPS) is 21.8. The van der Waals surface area contributed by atoms with Gasteiger partial charge in [-0.25, -0.2) is 4.79 Å². The highest BCUT2D eigenvalue weighted by atomic mass is 16.6. The molecule has 1 heterocycles. The summed E-state index contributed by atoms with van der Waals surface area (Å²) in [5, 5.41) is 10.2. The molecule has 0 amide bonds. The molecule has 1 aromatic rings. The number of rotatable bonds is 2. The van der Waals surface area contributed by atoms with Gasteiger partial charge in [-0.2, -0.15) is 0 Å². The molecule has 4 heteroatoms. The number of benzene rings is 1. The third-order valence-corrected chi connectivity index (χ3v) is 4.19. The fourth-order valence-electron chi connectivity index (χ4n) is 3.06. The van der Waals surface area contributed by atoms with Crippen LogP contribution in [0.25, 0.3) is 0 Å². The quantitative estimate of drug-likeness (QED) is 0.663. The molecule has 1 N–H and O–H groups in total. The summed E-state index contributed by atoms with van der Waals surface area (Å²) in [5.74, 6) is -0.354. The molecule has 110 valence electrons. The van der Waals surface area contributed by atoms with Crippen molar-refractivity contribution in [1.82, 2.24) is 0 Å². The lowest BCUT2D eigenvalue weighted by Crippen LogP contribution is -2.42. The first-order valence-electron chi connectivity index (χ1n) is 7.43. The third-order valence-electron chi connectivity index (χ3n) is 4.19. The summed E-state index contributed by atoms with van der Waals surface area (Å²) in [5.41, 5.74) is 0.433. The summed E-state index contributed by atoms with van der Waals surface area (Å²) >= 11 is 0. The molecule has 4 nitrogen and oxygen atoms in total. The van der Waals surface area contributed by atoms with Crippen LogP contribution in [0.3, 0.4) is 0 Å². The minimum absolute atomic E-state index is 0.104. The summed E-state index contributed by atoms with van der Waals surface area (Å²) in [6.07, 6.45) is 6.77. The van der Waals surface area contributed by atoms with E-state index in [0.29, 0.717) is 6.42 Å². The van der Waals surface area contributed by atoms with Gasteiger partial charge in [0.05, 0.1) is 5.69 Å². The largest absolute Gasteiger partial charge is 0.511 e. The molecule has 1 spiro atoms. The SMILES string of the molecule is O=C1OC2(CCCCC2)CC(O)=C1C=Nc1ccccc1. The van der Waals surface area contributed by atoms with E-state index in [1.807, 2.05) is 30.3 Å². The second kappa shape index (κ2) is 5.72. The van der Waals surface area contributed by atoms with Crippen molar-refractivity contribution >= 4 is 17.9 Å². The Morgan fingerprint density at radius 2 is 1.86 bits per heavy atom. The Kier molecular flexibility index (Phi) is 3.78. The first kappa shape index (κ1) is 13.9. The number of esters is 1. The zero-order valence-corrected chi connectivity index (χ0v) is 11.9. The van der Waals surface area contributed by atoms with Crippen molar-refractivity contribution in [2.75, 3.05) is 0 Å². The molecule has 0 atom stereocenters. The predicted molar refractivity (Wildman–Crippen MR) is 80.8 cm³/mol. The molecule has 1 saturated carbocycles. The van der Waals surface area contributed by atoms with E-state index in [1.165, 1.54) is 12.6 Å². The number of hydrogen-bond donors (Lipinski definition) is 1. The standard InChI is InChI=1S/C17H19NO3/c19-15-11-17(9-5-2-6-10-17)21-16(20)14(15)12-18-13-7-3-1-4-8-13/h1,3-4,7-8,12,19H,2,5-6,9-11H2. The molecule has 2 aliphatic rings. The van der Waals surface area contributed by atoms with Gasteiger partial charge in [0.2, 0.25) is 0 Å². The van der Waals surface area contributed by atoms with Crippen molar-refractivity contribution < 1.29 is 14.6 Å². The fraction of sp³-hybridized carbons (Fsp3) is 0.412. The average molecular weight is 285 g/mol. The minimum Gasteiger partial charge on any atom is -0.511 e. The number of aliphatic hydroxyl groups excluding tert-OH is 1. The maximum Gasteiger partial charge on any atom is 0.343 e. The first-order valence-corrected chi connectivity index (χ1v) is 7.43. The number of para-hydroxylation sites is 1. The van der Waals surface area contributed by atoms with E-state index < -0.39 is 11.6 Å². The van der Waals surface area contributed by atoms with Crippen LogP contribution in [-0.2, 0) is 9.53 Å². The van der Waals surface area contributed by atoms with Gasteiger partial charge in [-0.1, -0.05) is 24.6 Å². The summed E-state index contributed by atoms with van der Waals surface area (Å²) in [6.45, 7) is 0. The maximum atomic E-state index is 12.2.